The lowest BCUT2D eigenvalue weighted by atomic mass is 10.1. The fourth-order valence-corrected chi connectivity index (χ4v) is 3.77. The first-order chi connectivity index (χ1) is 13.1. The summed E-state index contributed by atoms with van der Waals surface area (Å²) < 4.78 is 1.89. The maximum Gasteiger partial charge on any atom is 0.262 e. The van der Waals surface area contributed by atoms with E-state index in [0.717, 1.165) is 31.5 Å². The van der Waals surface area contributed by atoms with Crippen molar-refractivity contribution < 1.29 is 4.79 Å². The Balaban J connectivity index is 1.84. The van der Waals surface area contributed by atoms with E-state index in [4.69, 9.17) is 0 Å². The summed E-state index contributed by atoms with van der Waals surface area (Å²) in [5, 5.41) is 0. The summed E-state index contributed by atoms with van der Waals surface area (Å²) in [5.74, 6) is -0.0383. The van der Waals surface area contributed by atoms with E-state index < -0.39 is 0 Å². The van der Waals surface area contributed by atoms with Crippen molar-refractivity contribution in [2.24, 2.45) is 0 Å². The molecule has 1 heterocycles. The van der Waals surface area contributed by atoms with Crippen molar-refractivity contribution in [3.63, 3.8) is 0 Å². The van der Waals surface area contributed by atoms with E-state index in [1.807, 2.05) is 91.0 Å². The fraction of sp³-hybridized carbons (Fsp3) is 0. The maximum atomic E-state index is 13.3. The molecule has 3 aromatic carbocycles. The number of carbonyl (C=O) groups is 1. The molecule has 0 aliphatic carbocycles. The Hall–Kier alpha value is -2.43. The molecule has 1 aliphatic rings. The Kier molecular flexibility index (Phi) is 5.10. The Morgan fingerprint density at radius 3 is 2.15 bits per heavy atom. The molecule has 0 N–H and O–H groups in total. The van der Waals surface area contributed by atoms with E-state index in [0.29, 0.717) is 5.57 Å². The van der Waals surface area contributed by atoms with Crippen molar-refractivity contribution in [2.75, 3.05) is 4.90 Å². The van der Waals surface area contributed by atoms with Crippen LogP contribution in [0.4, 0.5) is 5.69 Å². The van der Waals surface area contributed by atoms with Gasteiger partial charge < -0.3 is 0 Å². The highest BCUT2D eigenvalue weighted by atomic mass is 79.9. The minimum atomic E-state index is -0.0383. The van der Waals surface area contributed by atoms with Gasteiger partial charge in [0.15, 0.2) is 0 Å². The molecule has 1 amide bonds. The molecule has 4 heteroatoms. The van der Waals surface area contributed by atoms with Gasteiger partial charge in [0.1, 0.15) is 0 Å². The number of para-hydroxylation sites is 1. The number of carbonyl (C=O) groups excluding carboxylic acids is 1. The van der Waals surface area contributed by atoms with Crippen LogP contribution in [0.5, 0.6) is 0 Å². The molecule has 0 saturated carbocycles. The second kappa shape index (κ2) is 7.67. The molecule has 0 fully saturated rings. The Labute approximate surface area is 175 Å². The molecule has 2 nitrogen and oxygen atoms in total. The van der Waals surface area contributed by atoms with Crippen LogP contribution in [0.2, 0.25) is 0 Å². The zero-order valence-electron chi connectivity index (χ0n) is 14.3. The lowest BCUT2D eigenvalue weighted by molar-refractivity contribution is -0.113. The Morgan fingerprint density at radius 2 is 1.44 bits per heavy atom. The molecule has 132 valence electrons. The summed E-state index contributed by atoms with van der Waals surface area (Å²) >= 11 is 7.03. The van der Waals surface area contributed by atoms with Crippen LogP contribution in [0.3, 0.4) is 0 Å². The van der Waals surface area contributed by atoms with E-state index in [1.54, 1.807) is 4.90 Å². The Bertz CT molecular complexity index is 1050. The van der Waals surface area contributed by atoms with Gasteiger partial charge in [0.05, 0.1) is 11.4 Å². The number of hydrogen-bond donors (Lipinski definition) is 0. The molecule has 1 aliphatic heterocycles. The van der Waals surface area contributed by atoms with Gasteiger partial charge in [-0.1, -0.05) is 70.5 Å². The van der Waals surface area contributed by atoms with Crippen LogP contribution in [0.15, 0.2) is 99.5 Å². The molecular weight excluding hydrogens is 466 g/mol. The Morgan fingerprint density at radius 1 is 0.778 bits per heavy atom. The van der Waals surface area contributed by atoms with Gasteiger partial charge in [-0.3, -0.25) is 9.69 Å². The van der Waals surface area contributed by atoms with Crippen LogP contribution >= 0.6 is 31.9 Å². The number of hydrogen-bond acceptors (Lipinski definition) is 1. The van der Waals surface area contributed by atoms with Crippen LogP contribution in [-0.2, 0) is 4.79 Å². The van der Waals surface area contributed by atoms with Crippen molar-refractivity contribution in [3.05, 3.63) is 111 Å². The predicted molar refractivity (Wildman–Crippen MR) is 118 cm³/mol. The molecule has 3 aromatic rings. The maximum absolute atomic E-state index is 13.3. The molecule has 0 bridgehead atoms. The smallest absolute Gasteiger partial charge is 0.262 e. The molecule has 0 unspecified atom stereocenters. The van der Waals surface area contributed by atoms with Gasteiger partial charge in [-0.2, -0.15) is 0 Å². The zero-order valence-corrected chi connectivity index (χ0v) is 17.4. The van der Waals surface area contributed by atoms with E-state index in [9.17, 15) is 4.79 Å². The second-order valence-electron chi connectivity index (χ2n) is 6.14. The first-order valence-corrected chi connectivity index (χ1v) is 10.1. The summed E-state index contributed by atoms with van der Waals surface area (Å²) in [6, 6.07) is 25.7. The number of benzene rings is 3. The third kappa shape index (κ3) is 3.68. The SMILES string of the molecule is O=C1/C(=C/c2ccc(Br)cc2)C=C(c2ccccc2)N1c1ccccc1Br. The molecule has 27 heavy (non-hydrogen) atoms. The van der Waals surface area contributed by atoms with Gasteiger partial charge in [0.2, 0.25) is 0 Å². The molecular formula is C23H15Br2NO. The van der Waals surface area contributed by atoms with E-state index in [2.05, 4.69) is 31.9 Å². The summed E-state index contributed by atoms with van der Waals surface area (Å²) in [7, 11) is 0. The standard InChI is InChI=1S/C23H15Br2NO/c24-19-12-10-16(11-13-19)14-18-15-22(17-6-2-1-3-7-17)26(23(18)27)21-9-5-4-8-20(21)25/h1-15H/b18-14+. The number of rotatable bonds is 3. The summed E-state index contributed by atoms with van der Waals surface area (Å²) in [6.07, 6.45) is 3.88. The van der Waals surface area contributed by atoms with Crippen molar-refractivity contribution >= 4 is 55.2 Å². The van der Waals surface area contributed by atoms with Gasteiger partial charge in [-0.15, -0.1) is 0 Å². The third-order valence-corrected chi connectivity index (χ3v) is 5.54. The highest BCUT2D eigenvalue weighted by molar-refractivity contribution is 9.10. The van der Waals surface area contributed by atoms with E-state index in [-0.39, 0.29) is 5.91 Å². The van der Waals surface area contributed by atoms with Gasteiger partial charge in [0.25, 0.3) is 5.91 Å². The average molecular weight is 481 g/mol. The van der Waals surface area contributed by atoms with Crippen molar-refractivity contribution in [2.45, 2.75) is 0 Å². The van der Waals surface area contributed by atoms with E-state index in [1.165, 1.54) is 0 Å². The van der Waals surface area contributed by atoms with Gasteiger partial charge in [0, 0.05) is 14.5 Å². The van der Waals surface area contributed by atoms with Crippen LogP contribution < -0.4 is 4.90 Å². The number of nitrogens with zero attached hydrogens (tertiary/aromatic N) is 1. The molecule has 0 saturated heterocycles. The lowest BCUT2D eigenvalue weighted by Gasteiger charge is -2.22. The van der Waals surface area contributed by atoms with Crippen molar-refractivity contribution in [1.82, 2.24) is 0 Å². The second-order valence-corrected chi connectivity index (χ2v) is 7.91. The van der Waals surface area contributed by atoms with Crippen molar-refractivity contribution in [1.29, 1.82) is 0 Å². The number of amides is 1. The third-order valence-electron chi connectivity index (χ3n) is 4.34. The number of anilines is 1. The molecule has 4 rings (SSSR count). The summed E-state index contributed by atoms with van der Waals surface area (Å²) in [6.45, 7) is 0. The van der Waals surface area contributed by atoms with Crippen molar-refractivity contribution in [3.8, 4) is 0 Å². The summed E-state index contributed by atoms with van der Waals surface area (Å²) in [5.41, 5.74) is 4.35. The van der Waals surface area contributed by atoms with Crippen LogP contribution in [-0.4, -0.2) is 5.91 Å². The fourth-order valence-electron chi connectivity index (χ4n) is 3.05. The van der Waals surface area contributed by atoms with Gasteiger partial charge in [-0.05, 0) is 63.5 Å². The normalized spacial score (nSPS) is 15.3. The lowest BCUT2D eigenvalue weighted by Crippen LogP contribution is -2.25. The van der Waals surface area contributed by atoms with Crippen LogP contribution in [0, 0.1) is 0 Å². The van der Waals surface area contributed by atoms with E-state index >= 15 is 0 Å². The molecule has 0 atom stereocenters. The van der Waals surface area contributed by atoms with Gasteiger partial charge >= 0.3 is 0 Å². The van der Waals surface area contributed by atoms with Crippen LogP contribution in [0.25, 0.3) is 11.8 Å². The highest BCUT2D eigenvalue weighted by Crippen LogP contribution is 2.38. The monoisotopic (exact) mass is 479 g/mol. The van der Waals surface area contributed by atoms with Crippen LogP contribution in [0.1, 0.15) is 11.1 Å². The molecule has 0 spiro atoms. The minimum absolute atomic E-state index is 0.0383. The first kappa shape index (κ1) is 18.0. The van der Waals surface area contributed by atoms with Gasteiger partial charge in [-0.25, -0.2) is 0 Å². The highest BCUT2D eigenvalue weighted by Gasteiger charge is 2.31. The largest absolute Gasteiger partial charge is 0.275 e. The first-order valence-electron chi connectivity index (χ1n) is 8.47. The minimum Gasteiger partial charge on any atom is -0.275 e. The molecule has 0 radical (unpaired) electrons. The average Bonchev–Trinajstić information content (AvgIpc) is 3.01. The number of halogens is 2. The summed E-state index contributed by atoms with van der Waals surface area (Å²) in [4.78, 5) is 15.1. The zero-order chi connectivity index (χ0) is 18.8. The topological polar surface area (TPSA) is 20.3 Å². The predicted octanol–water partition coefficient (Wildman–Crippen LogP) is 6.68. The molecule has 0 aromatic heterocycles. The quantitative estimate of drug-likeness (QED) is 0.382.